The Balaban J connectivity index is 1.14. The molecule has 1 aromatic carbocycles. The van der Waals surface area contributed by atoms with Gasteiger partial charge in [-0.05, 0) is 63.4 Å². The van der Waals surface area contributed by atoms with Crippen molar-refractivity contribution in [3.05, 3.63) is 51.9 Å². The van der Waals surface area contributed by atoms with Crippen LogP contribution in [0.2, 0.25) is 10.0 Å². The van der Waals surface area contributed by atoms with E-state index in [1.807, 2.05) is 6.07 Å². The highest BCUT2D eigenvalue weighted by Gasteiger charge is 2.34. The van der Waals surface area contributed by atoms with Crippen LogP contribution in [-0.4, -0.2) is 65.5 Å². The van der Waals surface area contributed by atoms with Crippen LogP contribution >= 0.6 is 23.2 Å². The number of likely N-dealkylation sites (tertiary alicyclic amines) is 1. The molecular formula is C30H40Cl2FN5O. The number of carbonyl (C=O) groups is 1. The minimum absolute atomic E-state index is 0.0873. The van der Waals surface area contributed by atoms with Crippen LogP contribution in [0.25, 0.3) is 0 Å². The summed E-state index contributed by atoms with van der Waals surface area (Å²) in [5, 5.41) is 4.06. The molecule has 39 heavy (non-hydrogen) atoms. The molecule has 2 aromatic rings. The zero-order valence-electron chi connectivity index (χ0n) is 22.8. The van der Waals surface area contributed by atoms with Gasteiger partial charge in [0.15, 0.2) is 0 Å². The molecule has 9 heteroatoms. The van der Waals surface area contributed by atoms with Crippen molar-refractivity contribution in [3.63, 3.8) is 0 Å². The topological polar surface area (TPSA) is 51.7 Å². The van der Waals surface area contributed by atoms with Gasteiger partial charge in [-0.15, -0.1) is 0 Å². The lowest BCUT2D eigenvalue weighted by Gasteiger charge is -2.47. The Morgan fingerprint density at radius 3 is 2.51 bits per heavy atom. The lowest BCUT2D eigenvalue weighted by Crippen LogP contribution is -2.58. The second-order valence-corrected chi connectivity index (χ2v) is 12.2. The molecule has 2 aliphatic heterocycles. The van der Waals surface area contributed by atoms with Crippen LogP contribution < -0.4 is 10.2 Å². The second-order valence-electron chi connectivity index (χ2n) is 11.3. The van der Waals surface area contributed by atoms with E-state index in [2.05, 4.69) is 31.9 Å². The van der Waals surface area contributed by atoms with Gasteiger partial charge in [-0.1, -0.05) is 55.5 Å². The first-order valence-corrected chi connectivity index (χ1v) is 15.3. The molecule has 6 nitrogen and oxygen atoms in total. The second kappa shape index (κ2) is 13.2. The minimum atomic E-state index is -0.223. The van der Waals surface area contributed by atoms with E-state index in [4.69, 9.17) is 23.2 Å². The van der Waals surface area contributed by atoms with E-state index in [1.54, 1.807) is 18.3 Å². The SMILES string of the molecule is CCC1CN(c2ncc(NC(=O)C3CCCCC3)cc2Cl)CCN1C1CCN(Cc2ccc(Cl)cc2F)CC1. The Morgan fingerprint density at radius 1 is 1.05 bits per heavy atom. The van der Waals surface area contributed by atoms with Crippen molar-refractivity contribution in [3.8, 4) is 0 Å². The molecule has 3 aliphatic rings. The Hall–Kier alpha value is -1.93. The van der Waals surface area contributed by atoms with Crippen LogP contribution in [0.1, 0.15) is 63.9 Å². The Labute approximate surface area is 241 Å². The van der Waals surface area contributed by atoms with E-state index in [1.165, 1.54) is 12.5 Å². The number of hydrogen-bond donors (Lipinski definition) is 1. The number of pyridine rings is 1. The molecule has 1 unspecified atom stereocenters. The fourth-order valence-electron chi connectivity index (χ4n) is 6.55. The van der Waals surface area contributed by atoms with Crippen molar-refractivity contribution in [1.29, 1.82) is 0 Å². The fourth-order valence-corrected chi connectivity index (χ4v) is 6.99. The summed E-state index contributed by atoms with van der Waals surface area (Å²) >= 11 is 12.6. The molecule has 1 N–H and O–H groups in total. The highest BCUT2D eigenvalue weighted by molar-refractivity contribution is 6.33. The summed E-state index contributed by atoms with van der Waals surface area (Å²) in [6.07, 6.45) is 10.4. The van der Waals surface area contributed by atoms with E-state index in [0.29, 0.717) is 39.9 Å². The van der Waals surface area contributed by atoms with Crippen LogP contribution in [0.3, 0.4) is 0 Å². The molecule has 0 spiro atoms. The number of halogens is 3. The summed E-state index contributed by atoms with van der Waals surface area (Å²) in [5.74, 6) is 0.759. The molecule has 0 bridgehead atoms. The largest absolute Gasteiger partial charge is 0.353 e. The van der Waals surface area contributed by atoms with Gasteiger partial charge < -0.3 is 10.2 Å². The van der Waals surface area contributed by atoms with Gasteiger partial charge in [0.05, 0.1) is 16.9 Å². The predicted molar refractivity (Wildman–Crippen MR) is 157 cm³/mol. The monoisotopic (exact) mass is 575 g/mol. The van der Waals surface area contributed by atoms with Crippen molar-refractivity contribution in [2.45, 2.75) is 76.9 Å². The molecule has 3 fully saturated rings. The Morgan fingerprint density at radius 2 is 1.82 bits per heavy atom. The van der Waals surface area contributed by atoms with E-state index < -0.39 is 0 Å². The van der Waals surface area contributed by atoms with E-state index in [0.717, 1.165) is 83.5 Å². The van der Waals surface area contributed by atoms with E-state index in [9.17, 15) is 9.18 Å². The van der Waals surface area contributed by atoms with Crippen molar-refractivity contribution < 1.29 is 9.18 Å². The Bertz CT molecular complexity index is 1140. The number of rotatable bonds is 7. The first-order valence-electron chi connectivity index (χ1n) is 14.5. The maximum absolute atomic E-state index is 14.3. The minimum Gasteiger partial charge on any atom is -0.353 e. The molecule has 1 aromatic heterocycles. The van der Waals surface area contributed by atoms with Crippen molar-refractivity contribution >= 4 is 40.6 Å². The number of nitrogens with one attached hydrogen (secondary N) is 1. The number of benzene rings is 1. The van der Waals surface area contributed by atoms with Gasteiger partial charge in [0.1, 0.15) is 11.6 Å². The van der Waals surface area contributed by atoms with Gasteiger partial charge in [0, 0.05) is 54.8 Å². The maximum Gasteiger partial charge on any atom is 0.227 e. The number of piperazine rings is 1. The van der Waals surface area contributed by atoms with Crippen LogP contribution in [0, 0.1) is 11.7 Å². The van der Waals surface area contributed by atoms with Crippen LogP contribution in [0.4, 0.5) is 15.9 Å². The number of amides is 1. The number of nitrogens with zero attached hydrogens (tertiary/aromatic N) is 4. The number of carbonyl (C=O) groups excluding carboxylic acids is 1. The van der Waals surface area contributed by atoms with Gasteiger partial charge in [-0.2, -0.15) is 0 Å². The van der Waals surface area contributed by atoms with Gasteiger partial charge in [-0.25, -0.2) is 9.37 Å². The number of hydrogen-bond acceptors (Lipinski definition) is 5. The van der Waals surface area contributed by atoms with Gasteiger partial charge >= 0.3 is 0 Å². The fraction of sp³-hybridized carbons (Fsp3) is 0.600. The van der Waals surface area contributed by atoms with Crippen molar-refractivity contribution in [1.82, 2.24) is 14.8 Å². The number of anilines is 2. The molecule has 212 valence electrons. The third-order valence-electron chi connectivity index (χ3n) is 8.80. The zero-order chi connectivity index (χ0) is 27.4. The maximum atomic E-state index is 14.3. The number of piperidine rings is 1. The van der Waals surface area contributed by atoms with Crippen LogP contribution in [-0.2, 0) is 11.3 Å². The molecular weight excluding hydrogens is 536 g/mol. The van der Waals surface area contributed by atoms with Crippen LogP contribution in [0.15, 0.2) is 30.5 Å². The standard InChI is InChI=1S/C30H40Cl2FN5O/c1-2-25-20-37(29-27(32)17-24(18-34-29)35-30(39)21-6-4-3-5-7-21)14-15-38(25)26-10-12-36(13-11-26)19-22-8-9-23(31)16-28(22)33/h8-9,16-18,21,25-26H,2-7,10-15,19-20H2,1H3,(H,35,39). The predicted octanol–water partition coefficient (Wildman–Crippen LogP) is 6.61. The van der Waals surface area contributed by atoms with Crippen molar-refractivity contribution in [2.75, 3.05) is 42.9 Å². The summed E-state index contributed by atoms with van der Waals surface area (Å²) in [6, 6.07) is 7.76. The summed E-state index contributed by atoms with van der Waals surface area (Å²) < 4.78 is 14.3. The summed E-state index contributed by atoms with van der Waals surface area (Å²) in [5.41, 5.74) is 1.39. The molecule has 1 atom stereocenters. The molecule has 1 aliphatic carbocycles. The number of aromatic nitrogens is 1. The molecule has 1 saturated carbocycles. The summed E-state index contributed by atoms with van der Waals surface area (Å²) in [7, 11) is 0. The highest BCUT2D eigenvalue weighted by Crippen LogP contribution is 2.32. The van der Waals surface area contributed by atoms with E-state index in [-0.39, 0.29) is 17.6 Å². The zero-order valence-corrected chi connectivity index (χ0v) is 24.4. The van der Waals surface area contributed by atoms with Crippen LogP contribution in [0.5, 0.6) is 0 Å². The average Bonchev–Trinajstić information content (AvgIpc) is 2.95. The smallest absolute Gasteiger partial charge is 0.227 e. The van der Waals surface area contributed by atoms with E-state index >= 15 is 0 Å². The Kier molecular flexibility index (Phi) is 9.65. The van der Waals surface area contributed by atoms with Crippen molar-refractivity contribution in [2.24, 2.45) is 5.92 Å². The van der Waals surface area contributed by atoms with Gasteiger partial charge in [0.25, 0.3) is 0 Å². The highest BCUT2D eigenvalue weighted by atomic mass is 35.5. The normalized spacial score (nSPS) is 22.3. The first-order chi connectivity index (χ1) is 18.9. The molecule has 2 saturated heterocycles. The first kappa shape index (κ1) is 28.6. The molecule has 0 radical (unpaired) electrons. The lowest BCUT2D eigenvalue weighted by molar-refractivity contribution is -0.120. The third kappa shape index (κ3) is 7.05. The molecule has 5 rings (SSSR count). The molecule has 3 heterocycles. The van der Waals surface area contributed by atoms with Gasteiger partial charge in [-0.3, -0.25) is 14.6 Å². The summed E-state index contributed by atoms with van der Waals surface area (Å²) in [4.78, 5) is 24.6. The third-order valence-corrected chi connectivity index (χ3v) is 9.31. The quantitative estimate of drug-likeness (QED) is 0.402. The van der Waals surface area contributed by atoms with Gasteiger partial charge in [0.2, 0.25) is 5.91 Å². The average molecular weight is 577 g/mol. The summed E-state index contributed by atoms with van der Waals surface area (Å²) in [6.45, 7) is 7.52. The molecule has 1 amide bonds. The lowest BCUT2D eigenvalue weighted by atomic mass is 9.88.